The van der Waals surface area contributed by atoms with Crippen LogP contribution in [0.4, 0.5) is 0 Å². The van der Waals surface area contributed by atoms with Crippen LogP contribution in [0, 0.1) is 0 Å². The molecule has 0 radical (unpaired) electrons. The van der Waals surface area contributed by atoms with Crippen LogP contribution in [0.3, 0.4) is 0 Å². The van der Waals surface area contributed by atoms with Crippen molar-refractivity contribution in [3.63, 3.8) is 0 Å². The first-order valence-electron chi connectivity index (χ1n) is 7.26. The second kappa shape index (κ2) is 9.85. The third kappa shape index (κ3) is 10.5. The smallest absolute Gasteiger partial charge is 0.206 e. The van der Waals surface area contributed by atoms with Crippen LogP contribution in [0.1, 0.15) is 6.92 Å². The fourth-order valence-corrected chi connectivity index (χ4v) is 2.64. The van der Waals surface area contributed by atoms with E-state index in [2.05, 4.69) is 28.2 Å². The van der Waals surface area contributed by atoms with Crippen molar-refractivity contribution in [2.24, 2.45) is 0 Å². The molecule has 0 aliphatic carbocycles. The molecule has 0 fully saturated rings. The minimum absolute atomic E-state index is 0.330. The lowest BCUT2D eigenvalue weighted by molar-refractivity contribution is -0.849. The number of sulfone groups is 1. The van der Waals surface area contributed by atoms with Gasteiger partial charge in [-0.25, -0.2) is 8.42 Å². The first-order valence-corrected chi connectivity index (χ1v) is 8.74. The van der Waals surface area contributed by atoms with Crippen molar-refractivity contribution < 1.29 is 22.8 Å². The number of carbonyl (C=O) groups is 1. The molecular weight excluding hydrogens is 326 g/mol. The summed E-state index contributed by atoms with van der Waals surface area (Å²) < 4.78 is 25.1. The third-order valence-electron chi connectivity index (χ3n) is 2.11. The van der Waals surface area contributed by atoms with Gasteiger partial charge in [0.2, 0.25) is 9.84 Å². The zero-order chi connectivity index (χ0) is 18.8. The zero-order valence-corrected chi connectivity index (χ0v) is 15.6. The van der Waals surface area contributed by atoms with Gasteiger partial charge in [0.15, 0.2) is 0 Å². The predicted octanol–water partition coefficient (Wildman–Crippen LogP) is 1.60. The van der Waals surface area contributed by atoms with E-state index < -0.39 is 15.8 Å². The summed E-state index contributed by atoms with van der Waals surface area (Å²) in [6.45, 7) is 0.972. The highest BCUT2D eigenvalue weighted by Crippen LogP contribution is 2.19. The molecular formula is C18H25NO4S. The van der Waals surface area contributed by atoms with Crippen LogP contribution in [0.25, 0.3) is 0 Å². The van der Waals surface area contributed by atoms with E-state index in [1.807, 2.05) is 0 Å². The molecule has 24 heavy (non-hydrogen) atoms. The van der Waals surface area contributed by atoms with Crippen LogP contribution in [0.15, 0.2) is 70.5 Å². The minimum atomic E-state index is -3.34. The number of nitrogens with zero attached hydrogens (tertiary/aromatic N) is 1. The van der Waals surface area contributed by atoms with Gasteiger partial charge >= 0.3 is 0 Å². The van der Waals surface area contributed by atoms with Gasteiger partial charge in [-0.15, -0.1) is 0 Å². The maximum atomic E-state index is 12.0. The molecule has 0 heterocycles. The van der Waals surface area contributed by atoms with Gasteiger partial charge in [0, 0.05) is 5.97 Å². The standard InChI is InChI=1S/C12H10O2S.C4H12N.C2H4O2/c13-15(14,11-7-3-1-4-8-11)12-9-5-2-6-10-12;1-5(2,3)4;1-2(3)4/h1-10H;1-4H3;1H3,(H,3,4)/q;+1;/p-1. The van der Waals surface area contributed by atoms with Gasteiger partial charge in [-0.3, -0.25) is 0 Å². The van der Waals surface area contributed by atoms with Crippen molar-refractivity contribution in [3.8, 4) is 0 Å². The largest absolute Gasteiger partial charge is 0.550 e. The quantitative estimate of drug-likeness (QED) is 0.770. The summed E-state index contributed by atoms with van der Waals surface area (Å²) in [5, 5.41) is 8.89. The Hall–Kier alpha value is -2.18. The molecule has 0 N–H and O–H groups in total. The molecule has 132 valence electrons. The summed E-state index contributed by atoms with van der Waals surface area (Å²) in [4.78, 5) is 9.55. The number of hydrogen-bond donors (Lipinski definition) is 0. The van der Waals surface area contributed by atoms with E-state index in [-0.39, 0.29) is 0 Å². The molecule has 0 aliphatic heterocycles. The molecule has 2 aromatic carbocycles. The highest BCUT2D eigenvalue weighted by atomic mass is 32.2. The van der Waals surface area contributed by atoms with Crippen LogP contribution in [0.5, 0.6) is 0 Å². The molecule has 0 aliphatic rings. The lowest BCUT2D eigenvalue weighted by Crippen LogP contribution is -2.27. The van der Waals surface area contributed by atoms with E-state index in [4.69, 9.17) is 9.90 Å². The maximum Gasteiger partial charge on any atom is 0.206 e. The Bertz CT molecular complexity index is 650. The van der Waals surface area contributed by atoms with Crippen molar-refractivity contribution in [3.05, 3.63) is 60.7 Å². The second-order valence-electron chi connectivity index (χ2n) is 6.30. The molecule has 0 bridgehead atoms. The topological polar surface area (TPSA) is 74.3 Å². The molecule has 0 spiro atoms. The molecule has 0 saturated carbocycles. The first kappa shape index (κ1) is 21.8. The van der Waals surface area contributed by atoms with Crippen LogP contribution < -0.4 is 5.11 Å². The van der Waals surface area contributed by atoms with Gasteiger partial charge in [0.25, 0.3) is 0 Å². The number of quaternary nitrogens is 1. The second-order valence-corrected chi connectivity index (χ2v) is 8.25. The van der Waals surface area contributed by atoms with Crippen molar-refractivity contribution in [2.45, 2.75) is 16.7 Å². The Morgan fingerprint density at radius 1 is 0.792 bits per heavy atom. The van der Waals surface area contributed by atoms with Crippen LogP contribution in [0.2, 0.25) is 0 Å². The van der Waals surface area contributed by atoms with E-state index in [0.29, 0.717) is 9.79 Å². The Morgan fingerprint density at radius 3 is 1.21 bits per heavy atom. The summed E-state index contributed by atoms with van der Waals surface area (Å²) in [6, 6.07) is 16.9. The van der Waals surface area contributed by atoms with Crippen LogP contribution >= 0.6 is 0 Å². The SMILES string of the molecule is CC(=O)[O-].C[N+](C)(C)C.O=S(=O)(c1ccccc1)c1ccccc1. The van der Waals surface area contributed by atoms with Gasteiger partial charge in [-0.2, -0.15) is 0 Å². The normalized spacial score (nSPS) is 10.5. The summed E-state index contributed by atoms with van der Waals surface area (Å²) in [5.41, 5.74) is 0. The third-order valence-corrected chi connectivity index (χ3v) is 3.89. The molecule has 0 unspecified atom stereocenters. The molecule has 5 nitrogen and oxygen atoms in total. The van der Waals surface area contributed by atoms with Crippen LogP contribution in [-0.2, 0) is 14.6 Å². The fraction of sp³-hybridized carbons (Fsp3) is 0.278. The summed E-state index contributed by atoms with van der Waals surface area (Å²) in [5.74, 6) is -1.08. The van der Waals surface area contributed by atoms with Gasteiger partial charge in [0.05, 0.1) is 38.0 Å². The highest BCUT2D eigenvalue weighted by Gasteiger charge is 2.15. The first-order chi connectivity index (χ1) is 10.9. The molecule has 2 aromatic rings. The number of rotatable bonds is 2. The lowest BCUT2D eigenvalue weighted by Gasteiger charge is -2.14. The molecule has 0 atom stereocenters. The number of carboxylic acid groups (broad SMARTS) is 1. The Balaban J connectivity index is 0.000000492. The Kier molecular flexibility index (Phi) is 8.95. The van der Waals surface area contributed by atoms with Gasteiger partial charge < -0.3 is 14.4 Å². The highest BCUT2D eigenvalue weighted by molar-refractivity contribution is 7.91. The van der Waals surface area contributed by atoms with E-state index in [0.717, 1.165) is 11.4 Å². The number of benzene rings is 2. The van der Waals surface area contributed by atoms with Gasteiger partial charge in [0.1, 0.15) is 0 Å². The number of carboxylic acids is 1. The van der Waals surface area contributed by atoms with Crippen molar-refractivity contribution in [1.82, 2.24) is 0 Å². The molecule has 2 rings (SSSR count). The molecule has 6 heteroatoms. The monoisotopic (exact) mass is 351 g/mol. The van der Waals surface area contributed by atoms with E-state index in [1.54, 1.807) is 60.7 Å². The number of hydrogen-bond acceptors (Lipinski definition) is 4. The average molecular weight is 351 g/mol. The zero-order valence-electron chi connectivity index (χ0n) is 14.8. The lowest BCUT2D eigenvalue weighted by atomic mass is 10.4. The Morgan fingerprint density at radius 2 is 1.00 bits per heavy atom. The fourth-order valence-electron chi connectivity index (χ4n) is 1.34. The predicted molar refractivity (Wildman–Crippen MR) is 93.0 cm³/mol. The number of carbonyl (C=O) groups excluding carboxylic acids is 1. The maximum absolute atomic E-state index is 12.0. The van der Waals surface area contributed by atoms with Crippen molar-refractivity contribution in [2.75, 3.05) is 28.2 Å². The van der Waals surface area contributed by atoms with Gasteiger partial charge in [-0.05, 0) is 31.2 Å². The summed E-state index contributed by atoms with van der Waals surface area (Å²) in [6.07, 6.45) is 0. The summed E-state index contributed by atoms with van der Waals surface area (Å²) >= 11 is 0. The number of aliphatic carboxylic acids is 1. The molecule has 0 aromatic heterocycles. The molecule has 0 amide bonds. The van der Waals surface area contributed by atoms with Crippen molar-refractivity contribution >= 4 is 15.8 Å². The van der Waals surface area contributed by atoms with Crippen LogP contribution in [-0.4, -0.2) is 47.1 Å². The Labute approximate surface area is 144 Å². The van der Waals surface area contributed by atoms with E-state index in [1.165, 1.54) is 0 Å². The molecule has 0 saturated heterocycles. The average Bonchev–Trinajstić information content (AvgIpc) is 2.47. The van der Waals surface area contributed by atoms with Crippen molar-refractivity contribution in [1.29, 1.82) is 0 Å². The minimum Gasteiger partial charge on any atom is -0.550 e. The summed E-state index contributed by atoms with van der Waals surface area (Å²) in [7, 11) is 5.16. The van der Waals surface area contributed by atoms with E-state index in [9.17, 15) is 8.42 Å². The van der Waals surface area contributed by atoms with E-state index >= 15 is 0 Å². The van der Waals surface area contributed by atoms with Gasteiger partial charge in [-0.1, -0.05) is 36.4 Å².